The molecule has 0 N–H and O–H groups in total. The van der Waals surface area contributed by atoms with Crippen molar-refractivity contribution in [1.82, 2.24) is 4.90 Å². The van der Waals surface area contributed by atoms with Crippen molar-refractivity contribution in [1.29, 1.82) is 0 Å². The lowest BCUT2D eigenvalue weighted by atomic mass is 9.98. The van der Waals surface area contributed by atoms with E-state index in [0.29, 0.717) is 31.5 Å². The minimum Gasteiger partial charge on any atom is -0.382 e. The zero-order valence-electron chi connectivity index (χ0n) is 14.8. The van der Waals surface area contributed by atoms with Gasteiger partial charge in [0.05, 0.1) is 5.71 Å². The number of amides is 1. The Kier molecular flexibility index (Phi) is 4.88. The number of oxime groups is 1. The van der Waals surface area contributed by atoms with E-state index in [2.05, 4.69) is 5.16 Å². The van der Waals surface area contributed by atoms with Crippen LogP contribution in [0, 0.1) is 11.6 Å². The molecule has 27 heavy (non-hydrogen) atoms. The van der Waals surface area contributed by atoms with Crippen LogP contribution in [0.25, 0.3) is 0 Å². The quantitative estimate of drug-likeness (QED) is 0.824. The maximum absolute atomic E-state index is 14.0. The fourth-order valence-corrected chi connectivity index (χ4v) is 3.73. The topological polar surface area (TPSA) is 41.9 Å². The number of hydrogen-bond donors (Lipinski definition) is 0. The van der Waals surface area contributed by atoms with Crippen LogP contribution >= 0.6 is 0 Å². The first kappa shape index (κ1) is 17.6. The number of carbonyl (C=O) groups excluding carboxylic acids is 1. The van der Waals surface area contributed by atoms with Gasteiger partial charge in [-0.15, -0.1) is 0 Å². The largest absolute Gasteiger partial charge is 0.382 e. The average Bonchev–Trinajstić information content (AvgIpc) is 3.33. The maximum atomic E-state index is 14.0. The zero-order chi connectivity index (χ0) is 18.8. The molecule has 2 aliphatic rings. The predicted molar refractivity (Wildman–Crippen MR) is 97.4 cm³/mol. The molecule has 0 saturated carbocycles. The fraction of sp³-hybridized carbons (Fsp3) is 0.333. The molecule has 1 saturated heterocycles. The van der Waals surface area contributed by atoms with Crippen molar-refractivity contribution in [2.75, 3.05) is 13.1 Å². The molecule has 0 bridgehead atoms. The Labute approximate surface area is 156 Å². The van der Waals surface area contributed by atoms with E-state index in [1.165, 1.54) is 18.2 Å². The third-order valence-corrected chi connectivity index (χ3v) is 5.17. The molecule has 4 nitrogen and oxygen atoms in total. The molecule has 4 rings (SSSR count). The molecule has 2 aromatic rings. The Hall–Kier alpha value is -2.76. The molecule has 2 heterocycles. The second-order valence-corrected chi connectivity index (χ2v) is 7.05. The molecular formula is C21H20F2N2O2. The van der Waals surface area contributed by atoms with Gasteiger partial charge in [-0.1, -0.05) is 35.5 Å². The summed E-state index contributed by atoms with van der Waals surface area (Å²) >= 11 is 0. The molecule has 0 radical (unpaired) electrons. The normalized spacial score (nSPS) is 21.9. The summed E-state index contributed by atoms with van der Waals surface area (Å²) in [4.78, 5) is 19.8. The van der Waals surface area contributed by atoms with Gasteiger partial charge in [-0.3, -0.25) is 4.79 Å². The van der Waals surface area contributed by atoms with E-state index in [0.717, 1.165) is 17.7 Å². The van der Waals surface area contributed by atoms with Gasteiger partial charge in [-0.05, 0) is 35.7 Å². The van der Waals surface area contributed by atoms with Gasteiger partial charge in [-0.25, -0.2) is 8.78 Å². The highest BCUT2D eigenvalue weighted by atomic mass is 19.1. The SMILES string of the molecule is O=C([C@@H]1CC(Cc2ccc(F)cc2)=NO1)N1CC[C@H](c2ccccc2F)C1. The van der Waals surface area contributed by atoms with E-state index in [9.17, 15) is 13.6 Å². The third kappa shape index (κ3) is 3.84. The van der Waals surface area contributed by atoms with E-state index in [4.69, 9.17) is 4.84 Å². The molecule has 0 spiro atoms. The highest BCUT2D eigenvalue weighted by molar-refractivity contribution is 5.94. The van der Waals surface area contributed by atoms with Gasteiger partial charge < -0.3 is 9.74 Å². The second kappa shape index (κ2) is 7.47. The first-order valence-electron chi connectivity index (χ1n) is 9.09. The van der Waals surface area contributed by atoms with E-state index in [-0.39, 0.29) is 23.5 Å². The van der Waals surface area contributed by atoms with Crippen LogP contribution in [0.2, 0.25) is 0 Å². The minimum atomic E-state index is -0.625. The van der Waals surface area contributed by atoms with E-state index < -0.39 is 6.10 Å². The van der Waals surface area contributed by atoms with Crippen LogP contribution in [0.3, 0.4) is 0 Å². The van der Waals surface area contributed by atoms with Crippen molar-refractivity contribution in [2.45, 2.75) is 31.3 Å². The molecule has 1 fully saturated rings. The van der Waals surface area contributed by atoms with Crippen LogP contribution < -0.4 is 0 Å². The summed E-state index contributed by atoms with van der Waals surface area (Å²) in [6.45, 7) is 1.08. The lowest BCUT2D eigenvalue weighted by molar-refractivity contribution is -0.141. The standard InChI is InChI=1S/C21H20F2N2O2/c22-16-7-5-14(6-8-16)11-17-12-20(27-24-17)21(26)25-10-9-15(13-25)18-3-1-2-4-19(18)23/h1-8,15,20H,9-13H2/t15-,20-/m0/s1. The van der Waals surface area contributed by atoms with Gasteiger partial charge in [0, 0.05) is 31.8 Å². The Morgan fingerprint density at radius 2 is 1.93 bits per heavy atom. The highest BCUT2D eigenvalue weighted by Crippen LogP contribution is 2.30. The summed E-state index contributed by atoms with van der Waals surface area (Å²) in [6.07, 6.45) is 1.07. The Morgan fingerprint density at radius 3 is 2.70 bits per heavy atom. The number of carbonyl (C=O) groups is 1. The van der Waals surface area contributed by atoms with Crippen molar-refractivity contribution in [3.05, 3.63) is 71.3 Å². The maximum Gasteiger partial charge on any atom is 0.266 e. The summed E-state index contributed by atoms with van der Waals surface area (Å²) in [6, 6.07) is 12.9. The van der Waals surface area contributed by atoms with Gasteiger partial charge in [0.1, 0.15) is 11.6 Å². The Bertz CT molecular complexity index is 867. The van der Waals surface area contributed by atoms with Gasteiger partial charge in [0.2, 0.25) is 6.10 Å². The smallest absolute Gasteiger partial charge is 0.266 e. The molecule has 2 atom stereocenters. The first-order valence-corrected chi connectivity index (χ1v) is 9.09. The van der Waals surface area contributed by atoms with Gasteiger partial charge in [0.15, 0.2) is 0 Å². The molecule has 0 unspecified atom stereocenters. The molecule has 0 aliphatic carbocycles. The van der Waals surface area contributed by atoms with Crippen LogP contribution in [0.1, 0.15) is 29.9 Å². The van der Waals surface area contributed by atoms with E-state index in [1.54, 1.807) is 29.2 Å². The predicted octanol–water partition coefficient (Wildman–Crippen LogP) is 3.67. The molecule has 2 aliphatic heterocycles. The Balaban J connectivity index is 1.33. The average molecular weight is 370 g/mol. The number of halogens is 2. The van der Waals surface area contributed by atoms with Gasteiger partial charge >= 0.3 is 0 Å². The van der Waals surface area contributed by atoms with Crippen molar-refractivity contribution in [3.63, 3.8) is 0 Å². The van der Waals surface area contributed by atoms with Crippen molar-refractivity contribution >= 4 is 11.6 Å². The molecule has 1 amide bonds. The van der Waals surface area contributed by atoms with Crippen LogP contribution in [0.4, 0.5) is 8.78 Å². The van der Waals surface area contributed by atoms with Crippen LogP contribution in [-0.4, -0.2) is 35.7 Å². The van der Waals surface area contributed by atoms with Crippen molar-refractivity contribution in [3.8, 4) is 0 Å². The van der Waals surface area contributed by atoms with Gasteiger partial charge in [-0.2, -0.15) is 0 Å². The monoisotopic (exact) mass is 370 g/mol. The minimum absolute atomic E-state index is 0.0103. The summed E-state index contributed by atoms with van der Waals surface area (Å²) in [5.74, 6) is -0.600. The van der Waals surface area contributed by atoms with E-state index in [1.807, 2.05) is 6.07 Å². The van der Waals surface area contributed by atoms with Crippen molar-refractivity contribution < 1.29 is 18.4 Å². The second-order valence-electron chi connectivity index (χ2n) is 7.05. The number of likely N-dealkylation sites (tertiary alicyclic amines) is 1. The zero-order valence-corrected chi connectivity index (χ0v) is 14.8. The summed E-state index contributed by atoms with van der Waals surface area (Å²) in [5, 5.41) is 4.03. The Morgan fingerprint density at radius 1 is 1.15 bits per heavy atom. The molecule has 0 aromatic heterocycles. The summed E-state index contributed by atoms with van der Waals surface area (Å²) < 4.78 is 27.0. The van der Waals surface area contributed by atoms with E-state index >= 15 is 0 Å². The third-order valence-electron chi connectivity index (χ3n) is 5.17. The fourth-order valence-electron chi connectivity index (χ4n) is 3.73. The molecule has 6 heteroatoms. The van der Waals surface area contributed by atoms with Crippen LogP contribution in [0.5, 0.6) is 0 Å². The summed E-state index contributed by atoms with van der Waals surface area (Å²) in [5.41, 5.74) is 2.35. The first-order chi connectivity index (χ1) is 13.1. The number of rotatable bonds is 4. The molecular weight excluding hydrogens is 350 g/mol. The number of nitrogens with zero attached hydrogens (tertiary/aromatic N) is 2. The number of benzene rings is 2. The molecule has 140 valence electrons. The lowest BCUT2D eigenvalue weighted by Crippen LogP contribution is -2.37. The van der Waals surface area contributed by atoms with Gasteiger partial charge in [0.25, 0.3) is 5.91 Å². The lowest BCUT2D eigenvalue weighted by Gasteiger charge is -2.19. The number of hydrogen-bond acceptors (Lipinski definition) is 3. The summed E-state index contributed by atoms with van der Waals surface area (Å²) in [7, 11) is 0. The van der Waals surface area contributed by atoms with Crippen LogP contribution in [0.15, 0.2) is 53.7 Å². The van der Waals surface area contributed by atoms with Crippen molar-refractivity contribution in [2.24, 2.45) is 5.16 Å². The van der Waals surface area contributed by atoms with Crippen LogP contribution in [-0.2, 0) is 16.1 Å². The molecule has 2 aromatic carbocycles. The highest BCUT2D eigenvalue weighted by Gasteiger charge is 2.36.